The molecule has 1 atom stereocenters. The molecule has 2 N–H and O–H groups in total. The first-order valence-electron chi connectivity index (χ1n) is 5.29. The Morgan fingerprint density at radius 1 is 1.53 bits per heavy atom. The number of sulfonamides is 1. The third-order valence-corrected chi connectivity index (χ3v) is 3.95. The number of aryl methyl sites for hydroxylation is 1. The van der Waals surface area contributed by atoms with E-state index >= 15 is 0 Å². The Bertz CT molecular complexity index is 572. The van der Waals surface area contributed by atoms with Crippen molar-refractivity contribution in [2.75, 3.05) is 13.7 Å². The summed E-state index contributed by atoms with van der Waals surface area (Å²) in [5.41, 5.74) is 0.349. The molecule has 0 radical (unpaired) electrons. The Morgan fingerprint density at radius 3 is 2.74 bits per heavy atom. The topological polar surface area (TPSA) is 92.7 Å². The fraction of sp³-hybridized carbons (Fsp3) is 0.364. The van der Waals surface area contributed by atoms with Gasteiger partial charge in [-0.05, 0) is 24.6 Å². The maximum Gasteiger partial charge on any atom is 0.336 e. The summed E-state index contributed by atoms with van der Waals surface area (Å²) in [6.45, 7) is 0.954. The molecule has 0 aliphatic rings. The van der Waals surface area contributed by atoms with Crippen LogP contribution in [-0.2, 0) is 19.6 Å². The maximum atomic E-state index is 13.0. The van der Waals surface area contributed by atoms with Crippen LogP contribution < -0.4 is 4.72 Å². The number of hydrogen-bond donors (Lipinski definition) is 2. The molecular weight excluding hydrogens is 277 g/mol. The summed E-state index contributed by atoms with van der Waals surface area (Å²) in [6.07, 6.45) is -1.62. The van der Waals surface area contributed by atoms with Gasteiger partial charge in [-0.15, -0.1) is 0 Å². The minimum Gasteiger partial charge on any atom is -0.467 e. The second-order valence-electron chi connectivity index (χ2n) is 3.80. The highest BCUT2D eigenvalue weighted by atomic mass is 32.2. The van der Waals surface area contributed by atoms with Crippen LogP contribution in [0.2, 0.25) is 0 Å². The van der Waals surface area contributed by atoms with Crippen LogP contribution in [0.25, 0.3) is 0 Å². The van der Waals surface area contributed by atoms with E-state index in [4.69, 9.17) is 0 Å². The van der Waals surface area contributed by atoms with Gasteiger partial charge in [0.1, 0.15) is 5.82 Å². The van der Waals surface area contributed by atoms with Crippen molar-refractivity contribution >= 4 is 16.0 Å². The number of aliphatic hydroxyl groups is 1. The molecule has 106 valence electrons. The van der Waals surface area contributed by atoms with E-state index in [-0.39, 0.29) is 4.90 Å². The standard InChI is InChI=1S/C11H14FNO5S/c1-7-3-4-8(12)5-10(7)19(16,17)13-6-9(14)11(15)18-2/h3-5,9,13-14H,6H2,1-2H3. The number of aliphatic hydroxyl groups excluding tert-OH is 1. The quantitative estimate of drug-likeness (QED) is 0.742. The number of hydrogen-bond acceptors (Lipinski definition) is 5. The summed E-state index contributed by atoms with van der Waals surface area (Å²) in [5.74, 6) is -1.65. The van der Waals surface area contributed by atoms with E-state index in [1.165, 1.54) is 13.0 Å². The van der Waals surface area contributed by atoms with Gasteiger partial charge in [-0.2, -0.15) is 0 Å². The highest BCUT2D eigenvalue weighted by Crippen LogP contribution is 2.16. The van der Waals surface area contributed by atoms with Gasteiger partial charge in [0.2, 0.25) is 10.0 Å². The molecular formula is C11H14FNO5S. The Balaban J connectivity index is 2.87. The van der Waals surface area contributed by atoms with Crippen LogP contribution in [-0.4, -0.2) is 39.3 Å². The highest BCUT2D eigenvalue weighted by Gasteiger charge is 2.22. The Labute approximate surface area is 110 Å². The van der Waals surface area contributed by atoms with Crippen LogP contribution in [0.15, 0.2) is 23.1 Å². The molecule has 0 saturated heterocycles. The van der Waals surface area contributed by atoms with E-state index < -0.39 is 34.5 Å². The number of esters is 1. The smallest absolute Gasteiger partial charge is 0.336 e. The highest BCUT2D eigenvalue weighted by molar-refractivity contribution is 7.89. The summed E-state index contributed by atoms with van der Waals surface area (Å²) in [4.78, 5) is 10.7. The summed E-state index contributed by atoms with van der Waals surface area (Å²) in [6, 6.07) is 3.32. The zero-order chi connectivity index (χ0) is 14.6. The largest absolute Gasteiger partial charge is 0.467 e. The lowest BCUT2D eigenvalue weighted by Crippen LogP contribution is -2.37. The van der Waals surface area contributed by atoms with E-state index in [2.05, 4.69) is 4.74 Å². The summed E-state index contributed by atoms with van der Waals surface area (Å²) >= 11 is 0. The Morgan fingerprint density at radius 2 is 2.16 bits per heavy atom. The van der Waals surface area contributed by atoms with E-state index in [1.54, 1.807) is 0 Å². The first kappa shape index (κ1) is 15.5. The number of methoxy groups -OCH3 is 1. The molecule has 1 rings (SSSR count). The summed E-state index contributed by atoms with van der Waals surface area (Å²) in [5, 5.41) is 9.28. The van der Waals surface area contributed by atoms with Crippen LogP contribution in [0.5, 0.6) is 0 Å². The van der Waals surface area contributed by atoms with Crippen molar-refractivity contribution in [3.05, 3.63) is 29.6 Å². The maximum absolute atomic E-state index is 13.0. The Kier molecular flexibility index (Phi) is 4.98. The monoisotopic (exact) mass is 291 g/mol. The molecule has 0 aliphatic carbocycles. The summed E-state index contributed by atoms with van der Waals surface area (Å²) < 4.78 is 43.1. The fourth-order valence-corrected chi connectivity index (χ4v) is 2.64. The molecule has 1 aromatic rings. The predicted octanol–water partition coefficient (Wildman–Crippen LogP) is -0.0537. The minimum atomic E-state index is -4.01. The van der Waals surface area contributed by atoms with Gasteiger partial charge < -0.3 is 9.84 Å². The molecule has 19 heavy (non-hydrogen) atoms. The first-order chi connectivity index (χ1) is 8.77. The number of nitrogens with one attached hydrogen (secondary N) is 1. The van der Waals surface area contributed by atoms with E-state index in [1.807, 2.05) is 4.72 Å². The van der Waals surface area contributed by atoms with Gasteiger partial charge in [-0.1, -0.05) is 6.07 Å². The van der Waals surface area contributed by atoms with Gasteiger partial charge >= 0.3 is 5.97 Å². The molecule has 1 unspecified atom stereocenters. The van der Waals surface area contributed by atoms with Crippen molar-refractivity contribution in [3.8, 4) is 0 Å². The van der Waals surface area contributed by atoms with E-state index in [0.29, 0.717) is 5.56 Å². The number of halogens is 1. The summed E-state index contributed by atoms with van der Waals surface area (Å²) in [7, 11) is -2.94. The van der Waals surface area contributed by atoms with Crippen LogP contribution in [0.3, 0.4) is 0 Å². The van der Waals surface area contributed by atoms with Crippen LogP contribution >= 0.6 is 0 Å². The molecule has 0 aliphatic heterocycles. The lowest BCUT2D eigenvalue weighted by Gasteiger charge is -2.12. The van der Waals surface area contributed by atoms with Gasteiger partial charge in [-0.3, -0.25) is 0 Å². The number of carbonyl (C=O) groups excluding carboxylic acids is 1. The van der Waals surface area contributed by atoms with E-state index in [0.717, 1.165) is 19.2 Å². The number of ether oxygens (including phenoxy) is 1. The van der Waals surface area contributed by atoms with Crippen molar-refractivity contribution < 1.29 is 27.4 Å². The molecule has 0 saturated carbocycles. The SMILES string of the molecule is COC(=O)C(O)CNS(=O)(=O)c1cc(F)ccc1C. The van der Waals surface area contributed by atoms with Crippen molar-refractivity contribution in [2.45, 2.75) is 17.9 Å². The number of rotatable bonds is 5. The van der Waals surface area contributed by atoms with Gasteiger partial charge in [0, 0.05) is 6.54 Å². The molecule has 1 aromatic carbocycles. The zero-order valence-corrected chi connectivity index (χ0v) is 11.2. The van der Waals surface area contributed by atoms with Gasteiger partial charge in [0.05, 0.1) is 12.0 Å². The molecule has 0 spiro atoms. The zero-order valence-electron chi connectivity index (χ0n) is 10.4. The van der Waals surface area contributed by atoms with Crippen LogP contribution in [0, 0.1) is 12.7 Å². The average molecular weight is 291 g/mol. The predicted molar refractivity (Wildman–Crippen MR) is 64.3 cm³/mol. The third kappa shape index (κ3) is 3.98. The number of benzene rings is 1. The minimum absolute atomic E-state index is 0.246. The molecule has 8 heteroatoms. The second-order valence-corrected chi connectivity index (χ2v) is 5.54. The van der Waals surface area contributed by atoms with Gasteiger partial charge in [0.25, 0.3) is 0 Å². The molecule has 0 amide bonds. The molecule has 0 fully saturated rings. The van der Waals surface area contributed by atoms with Crippen molar-refractivity contribution in [1.82, 2.24) is 4.72 Å². The van der Waals surface area contributed by atoms with Crippen molar-refractivity contribution in [2.24, 2.45) is 0 Å². The average Bonchev–Trinajstić information content (AvgIpc) is 2.37. The lowest BCUT2D eigenvalue weighted by molar-refractivity contribution is -0.149. The van der Waals surface area contributed by atoms with E-state index in [9.17, 15) is 22.7 Å². The molecule has 0 heterocycles. The first-order valence-corrected chi connectivity index (χ1v) is 6.78. The Hall–Kier alpha value is -1.51. The molecule has 0 aromatic heterocycles. The molecule has 0 bridgehead atoms. The second kappa shape index (κ2) is 6.09. The van der Waals surface area contributed by atoms with Gasteiger partial charge in [0.15, 0.2) is 6.10 Å². The third-order valence-electron chi connectivity index (χ3n) is 2.38. The van der Waals surface area contributed by atoms with Crippen molar-refractivity contribution in [1.29, 1.82) is 0 Å². The van der Waals surface area contributed by atoms with Gasteiger partial charge in [-0.25, -0.2) is 22.3 Å². The molecule has 6 nitrogen and oxygen atoms in total. The fourth-order valence-electron chi connectivity index (χ4n) is 1.35. The number of carbonyl (C=O) groups is 1. The van der Waals surface area contributed by atoms with Crippen molar-refractivity contribution in [3.63, 3.8) is 0 Å². The normalized spacial score (nSPS) is 13.1. The van der Waals surface area contributed by atoms with Crippen LogP contribution in [0.4, 0.5) is 4.39 Å². The van der Waals surface area contributed by atoms with Crippen LogP contribution in [0.1, 0.15) is 5.56 Å². The lowest BCUT2D eigenvalue weighted by atomic mass is 10.2.